The van der Waals surface area contributed by atoms with Gasteiger partial charge >= 0.3 is 0 Å². The van der Waals surface area contributed by atoms with E-state index in [0.717, 1.165) is 16.9 Å². The van der Waals surface area contributed by atoms with Crippen LogP contribution in [0.4, 0.5) is 11.4 Å². The highest BCUT2D eigenvalue weighted by Crippen LogP contribution is 2.31. The molecular weight excluding hydrogens is 306 g/mol. The number of anilines is 2. The molecule has 0 aliphatic heterocycles. The highest BCUT2D eigenvalue weighted by atomic mass is 16.2. The molecule has 0 saturated carbocycles. The van der Waals surface area contributed by atoms with E-state index < -0.39 is 0 Å². The zero-order valence-electron chi connectivity index (χ0n) is 14.1. The largest absolute Gasteiger partial charge is 0.281 e. The number of carbonyl (C=O) groups is 1. The van der Waals surface area contributed by atoms with E-state index in [2.05, 4.69) is 6.58 Å². The lowest BCUT2D eigenvalue weighted by Crippen LogP contribution is -2.31. The molecule has 0 fully saturated rings. The zero-order valence-corrected chi connectivity index (χ0v) is 14.1. The smallest absolute Gasteiger partial charge is 0.239 e. The molecule has 124 valence electrons. The van der Waals surface area contributed by atoms with Crippen molar-refractivity contribution in [2.75, 3.05) is 4.90 Å². The van der Waals surface area contributed by atoms with E-state index in [1.54, 1.807) is 4.90 Å². The summed E-state index contributed by atoms with van der Waals surface area (Å²) in [7, 11) is 0. The summed E-state index contributed by atoms with van der Waals surface area (Å²) >= 11 is 0. The monoisotopic (exact) mass is 327 g/mol. The van der Waals surface area contributed by atoms with E-state index in [4.69, 9.17) is 0 Å². The highest BCUT2D eigenvalue weighted by Gasteiger charge is 2.27. The Morgan fingerprint density at radius 3 is 1.68 bits per heavy atom. The first-order valence-corrected chi connectivity index (χ1v) is 8.41. The average molecular weight is 327 g/mol. The van der Waals surface area contributed by atoms with Gasteiger partial charge in [0, 0.05) is 11.4 Å². The van der Waals surface area contributed by atoms with Crippen molar-refractivity contribution in [3.05, 3.63) is 109 Å². The van der Waals surface area contributed by atoms with Crippen LogP contribution in [0.15, 0.2) is 104 Å². The molecule has 0 aliphatic carbocycles. The normalized spacial score (nSPS) is 11.5. The van der Waals surface area contributed by atoms with Gasteiger partial charge in [0.1, 0.15) is 0 Å². The van der Waals surface area contributed by atoms with Crippen molar-refractivity contribution in [1.82, 2.24) is 0 Å². The average Bonchev–Trinajstić information content (AvgIpc) is 2.68. The highest BCUT2D eigenvalue weighted by molar-refractivity contribution is 6.04. The van der Waals surface area contributed by atoms with Crippen molar-refractivity contribution in [2.45, 2.75) is 12.3 Å². The second kappa shape index (κ2) is 8.11. The number of benzene rings is 3. The van der Waals surface area contributed by atoms with Crippen LogP contribution >= 0.6 is 0 Å². The first-order valence-electron chi connectivity index (χ1n) is 8.41. The SMILES string of the molecule is C=CCC(C(=O)N(c1ccccc1)c1ccccc1)c1ccccc1. The third-order valence-corrected chi connectivity index (χ3v) is 4.15. The molecule has 0 saturated heterocycles. The predicted octanol–water partition coefficient (Wildman–Crippen LogP) is 5.71. The van der Waals surface area contributed by atoms with Gasteiger partial charge in [-0.15, -0.1) is 6.58 Å². The molecule has 0 aliphatic rings. The van der Waals surface area contributed by atoms with Gasteiger partial charge < -0.3 is 0 Å². The van der Waals surface area contributed by atoms with E-state index in [-0.39, 0.29) is 11.8 Å². The number of hydrogen-bond acceptors (Lipinski definition) is 1. The van der Waals surface area contributed by atoms with E-state index in [9.17, 15) is 4.79 Å². The molecule has 3 rings (SSSR count). The van der Waals surface area contributed by atoms with Crippen LogP contribution in [0.3, 0.4) is 0 Å². The summed E-state index contributed by atoms with van der Waals surface area (Å²) in [5, 5.41) is 0. The van der Waals surface area contributed by atoms with E-state index >= 15 is 0 Å². The summed E-state index contributed by atoms with van der Waals surface area (Å²) in [5.41, 5.74) is 2.73. The molecule has 0 spiro atoms. The summed E-state index contributed by atoms with van der Waals surface area (Å²) in [6, 6.07) is 29.4. The van der Waals surface area contributed by atoms with Crippen molar-refractivity contribution in [2.24, 2.45) is 0 Å². The number of para-hydroxylation sites is 2. The van der Waals surface area contributed by atoms with Crippen LogP contribution < -0.4 is 4.90 Å². The molecule has 3 aromatic carbocycles. The van der Waals surface area contributed by atoms with Gasteiger partial charge in [-0.2, -0.15) is 0 Å². The maximum Gasteiger partial charge on any atom is 0.239 e. The Hall–Kier alpha value is -3.13. The second-order valence-corrected chi connectivity index (χ2v) is 5.83. The first-order chi connectivity index (χ1) is 12.3. The van der Waals surface area contributed by atoms with Gasteiger partial charge in [0.2, 0.25) is 5.91 Å². The molecular formula is C23H21NO. The Kier molecular flexibility index (Phi) is 5.43. The van der Waals surface area contributed by atoms with Crippen molar-refractivity contribution < 1.29 is 4.79 Å². The molecule has 0 aromatic heterocycles. The van der Waals surface area contributed by atoms with E-state index in [1.165, 1.54) is 0 Å². The van der Waals surface area contributed by atoms with Gasteiger partial charge in [0.05, 0.1) is 5.92 Å². The number of hydrogen-bond donors (Lipinski definition) is 0. The number of allylic oxidation sites excluding steroid dienone is 1. The Bertz CT molecular complexity index is 773. The summed E-state index contributed by atoms with van der Waals surface area (Å²) in [6.07, 6.45) is 2.41. The summed E-state index contributed by atoms with van der Waals surface area (Å²) < 4.78 is 0. The Balaban J connectivity index is 2.05. The quantitative estimate of drug-likeness (QED) is 0.531. The summed E-state index contributed by atoms with van der Waals surface area (Å²) in [6.45, 7) is 3.84. The number of carbonyl (C=O) groups excluding carboxylic acids is 1. The second-order valence-electron chi connectivity index (χ2n) is 5.83. The van der Waals surface area contributed by atoms with Crippen LogP contribution in [0.2, 0.25) is 0 Å². The van der Waals surface area contributed by atoms with E-state index in [1.807, 2.05) is 97.1 Å². The van der Waals surface area contributed by atoms with Gasteiger partial charge in [0.25, 0.3) is 0 Å². The van der Waals surface area contributed by atoms with Crippen molar-refractivity contribution in [1.29, 1.82) is 0 Å². The molecule has 1 unspecified atom stereocenters. The molecule has 3 aromatic rings. The van der Waals surface area contributed by atoms with Crippen LogP contribution in [-0.4, -0.2) is 5.91 Å². The Morgan fingerprint density at radius 1 is 0.800 bits per heavy atom. The van der Waals surface area contributed by atoms with E-state index in [0.29, 0.717) is 6.42 Å². The molecule has 25 heavy (non-hydrogen) atoms. The summed E-state index contributed by atoms with van der Waals surface area (Å²) in [5.74, 6) is -0.220. The van der Waals surface area contributed by atoms with Crippen LogP contribution in [0.1, 0.15) is 17.9 Å². The maximum atomic E-state index is 13.5. The lowest BCUT2D eigenvalue weighted by molar-refractivity contribution is -0.119. The predicted molar refractivity (Wildman–Crippen MR) is 104 cm³/mol. The summed E-state index contributed by atoms with van der Waals surface area (Å²) in [4.78, 5) is 15.3. The van der Waals surface area contributed by atoms with Gasteiger partial charge in [-0.1, -0.05) is 72.8 Å². The fraction of sp³-hybridized carbons (Fsp3) is 0.0870. The van der Waals surface area contributed by atoms with Gasteiger partial charge in [-0.05, 0) is 36.2 Å². The topological polar surface area (TPSA) is 20.3 Å². The maximum absolute atomic E-state index is 13.5. The molecule has 1 atom stereocenters. The van der Waals surface area contributed by atoms with Gasteiger partial charge in [-0.25, -0.2) is 0 Å². The van der Waals surface area contributed by atoms with Crippen LogP contribution in [0.5, 0.6) is 0 Å². The Labute approximate surface area is 149 Å². The Morgan fingerprint density at radius 2 is 1.24 bits per heavy atom. The van der Waals surface area contributed by atoms with Crippen LogP contribution in [0.25, 0.3) is 0 Å². The van der Waals surface area contributed by atoms with Crippen molar-refractivity contribution in [3.63, 3.8) is 0 Å². The van der Waals surface area contributed by atoms with Crippen LogP contribution in [0, 0.1) is 0 Å². The van der Waals surface area contributed by atoms with Crippen molar-refractivity contribution >= 4 is 17.3 Å². The standard InChI is InChI=1S/C23H21NO/c1-2-12-22(19-13-6-3-7-14-19)23(25)24(20-15-8-4-9-16-20)21-17-10-5-11-18-21/h2-11,13-18,22H,1,12H2. The fourth-order valence-electron chi connectivity index (χ4n) is 2.95. The van der Waals surface area contributed by atoms with Crippen molar-refractivity contribution in [3.8, 4) is 0 Å². The fourth-order valence-corrected chi connectivity index (χ4v) is 2.95. The van der Waals surface area contributed by atoms with Crippen LogP contribution in [-0.2, 0) is 4.79 Å². The molecule has 0 N–H and O–H groups in total. The first kappa shape index (κ1) is 16.7. The zero-order chi connectivity index (χ0) is 17.5. The minimum Gasteiger partial charge on any atom is -0.281 e. The minimum atomic E-state index is -0.265. The van der Waals surface area contributed by atoms with Gasteiger partial charge in [-0.3, -0.25) is 9.69 Å². The number of nitrogens with zero attached hydrogens (tertiary/aromatic N) is 1. The third-order valence-electron chi connectivity index (χ3n) is 4.15. The third kappa shape index (κ3) is 3.86. The molecule has 2 heteroatoms. The lowest BCUT2D eigenvalue weighted by atomic mass is 9.93. The number of amides is 1. The molecule has 1 amide bonds. The van der Waals surface area contributed by atoms with Gasteiger partial charge in [0.15, 0.2) is 0 Å². The molecule has 0 bridgehead atoms. The lowest BCUT2D eigenvalue weighted by Gasteiger charge is -2.27. The number of rotatable bonds is 6. The molecule has 0 heterocycles. The molecule has 2 nitrogen and oxygen atoms in total. The minimum absolute atomic E-state index is 0.0449. The molecule has 0 radical (unpaired) electrons.